The summed E-state index contributed by atoms with van der Waals surface area (Å²) in [7, 11) is -3.54. The van der Waals surface area contributed by atoms with Gasteiger partial charge in [-0.25, -0.2) is 13.4 Å². The van der Waals surface area contributed by atoms with Crippen molar-refractivity contribution >= 4 is 20.6 Å². The first kappa shape index (κ1) is 11.9. The van der Waals surface area contributed by atoms with Gasteiger partial charge in [0.25, 0.3) is 0 Å². The van der Waals surface area contributed by atoms with Crippen LogP contribution in [-0.2, 0) is 9.84 Å². The number of nitrogens with zero attached hydrogens (tertiary/aromatic N) is 1. The Morgan fingerprint density at radius 2 is 1.42 bits per heavy atom. The zero-order valence-electron chi connectivity index (χ0n) is 10.0. The number of sulfone groups is 1. The average molecular weight is 269 g/mol. The number of hydrogen-bond donors (Lipinski definition) is 0. The van der Waals surface area contributed by atoms with Gasteiger partial charge in [0.15, 0.2) is 5.03 Å². The Morgan fingerprint density at radius 1 is 0.789 bits per heavy atom. The second-order valence-corrected chi connectivity index (χ2v) is 6.08. The summed E-state index contributed by atoms with van der Waals surface area (Å²) in [6, 6.07) is 17.5. The van der Waals surface area contributed by atoms with Crippen LogP contribution >= 0.6 is 0 Å². The third-order valence-corrected chi connectivity index (χ3v) is 4.60. The van der Waals surface area contributed by atoms with Crippen LogP contribution in [-0.4, -0.2) is 13.4 Å². The first-order valence-electron chi connectivity index (χ1n) is 5.83. The molecule has 1 aromatic heterocycles. The minimum Gasteiger partial charge on any atom is -0.244 e. The van der Waals surface area contributed by atoms with E-state index in [-0.39, 0.29) is 9.92 Å². The van der Waals surface area contributed by atoms with Crippen molar-refractivity contribution in [3.63, 3.8) is 0 Å². The van der Waals surface area contributed by atoms with Crippen LogP contribution in [0.3, 0.4) is 0 Å². The molecule has 3 rings (SSSR count). The predicted molar refractivity (Wildman–Crippen MR) is 73.6 cm³/mol. The molecule has 0 atom stereocenters. The molecular formula is C15H11NO2S. The summed E-state index contributed by atoms with van der Waals surface area (Å²) in [6.07, 6.45) is 1.59. The molecule has 4 heteroatoms. The highest BCUT2D eigenvalue weighted by atomic mass is 32.2. The lowest BCUT2D eigenvalue weighted by atomic mass is 10.2. The molecule has 1 heterocycles. The van der Waals surface area contributed by atoms with Gasteiger partial charge in [-0.05, 0) is 23.6 Å². The van der Waals surface area contributed by atoms with Crippen LogP contribution < -0.4 is 0 Å². The summed E-state index contributed by atoms with van der Waals surface area (Å²) < 4.78 is 24.8. The molecule has 19 heavy (non-hydrogen) atoms. The molecule has 0 fully saturated rings. The lowest BCUT2D eigenvalue weighted by Crippen LogP contribution is -2.04. The van der Waals surface area contributed by atoms with Gasteiger partial charge in [-0.15, -0.1) is 0 Å². The van der Waals surface area contributed by atoms with Crippen molar-refractivity contribution in [2.24, 2.45) is 0 Å². The van der Waals surface area contributed by atoms with Crippen LogP contribution in [0, 0.1) is 0 Å². The standard InChI is InChI=1S/C15H11NO2S/c17-19(18,14-8-2-1-3-9-14)15-10-12-6-4-5-7-13(12)11-16-15/h1-11H. The SMILES string of the molecule is O=S(=O)(c1ccccc1)c1cc2ccccc2cn1. The van der Waals surface area contributed by atoms with Gasteiger partial charge in [0, 0.05) is 11.6 Å². The molecule has 0 bridgehead atoms. The lowest BCUT2D eigenvalue weighted by Gasteiger charge is -2.04. The quantitative estimate of drug-likeness (QED) is 0.718. The Labute approximate surface area is 111 Å². The highest BCUT2D eigenvalue weighted by Crippen LogP contribution is 2.22. The van der Waals surface area contributed by atoms with Gasteiger partial charge in [0.05, 0.1) is 4.90 Å². The Hall–Kier alpha value is -2.20. The Kier molecular flexibility index (Phi) is 2.80. The zero-order valence-corrected chi connectivity index (χ0v) is 10.8. The average Bonchev–Trinajstić information content (AvgIpc) is 2.47. The summed E-state index contributed by atoms with van der Waals surface area (Å²) in [4.78, 5) is 4.33. The van der Waals surface area contributed by atoms with Crippen molar-refractivity contribution in [1.29, 1.82) is 0 Å². The Balaban J connectivity index is 2.19. The van der Waals surface area contributed by atoms with Crippen molar-refractivity contribution in [2.75, 3.05) is 0 Å². The maximum Gasteiger partial charge on any atom is 0.223 e. The first-order valence-corrected chi connectivity index (χ1v) is 7.31. The molecule has 94 valence electrons. The molecule has 0 spiro atoms. The number of hydrogen-bond acceptors (Lipinski definition) is 3. The van der Waals surface area contributed by atoms with Crippen LogP contribution in [0.25, 0.3) is 10.8 Å². The molecule has 0 N–H and O–H groups in total. The fourth-order valence-electron chi connectivity index (χ4n) is 1.93. The summed E-state index contributed by atoms with van der Waals surface area (Å²) in [5.74, 6) is 0. The van der Waals surface area contributed by atoms with Crippen LogP contribution in [0.5, 0.6) is 0 Å². The topological polar surface area (TPSA) is 47.0 Å². The molecular weight excluding hydrogens is 258 g/mol. The van der Waals surface area contributed by atoms with Gasteiger partial charge in [0.1, 0.15) is 0 Å². The third-order valence-electron chi connectivity index (χ3n) is 2.93. The van der Waals surface area contributed by atoms with Gasteiger partial charge < -0.3 is 0 Å². The molecule has 0 aliphatic carbocycles. The summed E-state index contributed by atoms with van der Waals surface area (Å²) in [5.41, 5.74) is 0. The van der Waals surface area contributed by atoms with Crippen LogP contribution in [0.15, 0.2) is 76.8 Å². The molecule has 0 unspecified atom stereocenters. The van der Waals surface area contributed by atoms with Crippen LogP contribution in [0.1, 0.15) is 0 Å². The van der Waals surface area contributed by atoms with Gasteiger partial charge in [-0.1, -0.05) is 42.5 Å². The number of rotatable bonds is 2. The fraction of sp³-hybridized carbons (Fsp3) is 0. The van der Waals surface area contributed by atoms with E-state index in [1.165, 1.54) is 0 Å². The van der Waals surface area contributed by atoms with Gasteiger partial charge in [-0.3, -0.25) is 0 Å². The third kappa shape index (κ3) is 2.11. The van der Waals surface area contributed by atoms with E-state index in [1.807, 2.05) is 24.3 Å². The van der Waals surface area contributed by atoms with E-state index in [2.05, 4.69) is 4.98 Å². The molecule has 3 aromatic rings. The number of aromatic nitrogens is 1. The van der Waals surface area contributed by atoms with Crippen molar-refractivity contribution in [3.8, 4) is 0 Å². The maximum atomic E-state index is 12.4. The second-order valence-electron chi connectivity index (χ2n) is 4.19. The van der Waals surface area contributed by atoms with Gasteiger partial charge in [-0.2, -0.15) is 0 Å². The largest absolute Gasteiger partial charge is 0.244 e. The van der Waals surface area contributed by atoms with E-state index in [4.69, 9.17) is 0 Å². The Bertz CT molecular complexity index is 827. The molecule has 0 saturated carbocycles. The predicted octanol–water partition coefficient (Wildman–Crippen LogP) is 3.07. The smallest absolute Gasteiger partial charge is 0.223 e. The van der Waals surface area contributed by atoms with Crippen LogP contribution in [0.4, 0.5) is 0 Å². The molecule has 0 radical (unpaired) electrons. The second kappa shape index (κ2) is 4.48. The van der Waals surface area contributed by atoms with Crippen LogP contribution in [0.2, 0.25) is 0 Å². The maximum absolute atomic E-state index is 12.4. The fourth-order valence-corrected chi connectivity index (χ4v) is 3.16. The van der Waals surface area contributed by atoms with Gasteiger partial charge in [0.2, 0.25) is 9.84 Å². The highest BCUT2D eigenvalue weighted by Gasteiger charge is 2.18. The molecule has 2 aromatic carbocycles. The van der Waals surface area contributed by atoms with E-state index < -0.39 is 9.84 Å². The number of benzene rings is 2. The molecule has 3 nitrogen and oxygen atoms in total. The molecule has 0 aliphatic heterocycles. The van der Waals surface area contributed by atoms with E-state index in [0.29, 0.717) is 0 Å². The number of fused-ring (bicyclic) bond motifs is 1. The normalized spacial score (nSPS) is 11.6. The summed E-state index contributed by atoms with van der Waals surface area (Å²) in [5, 5.41) is 1.87. The highest BCUT2D eigenvalue weighted by molar-refractivity contribution is 7.91. The monoisotopic (exact) mass is 269 g/mol. The van der Waals surface area contributed by atoms with Crippen molar-refractivity contribution in [3.05, 3.63) is 66.9 Å². The lowest BCUT2D eigenvalue weighted by molar-refractivity contribution is 0.592. The number of pyridine rings is 1. The Morgan fingerprint density at radius 3 is 2.16 bits per heavy atom. The van der Waals surface area contributed by atoms with Gasteiger partial charge >= 0.3 is 0 Å². The van der Waals surface area contributed by atoms with Crippen molar-refractivity contribution in [2.45, 2.75) is 9.92 Å². The molecule has 0 amide bonds. The van der Waals surface area contributed by atoms with E-state index >= 15 is 0 Å². The first-order chi connectivity index (χ1) is 9.18. The molecule has 0 saturated heterocycles. The summed E-state index contributed by atoms with van der Waals surface area (Å²) >= 11 is 0. The zero-order chi connectivity index (χ0) is 13.3. The van der Waals surface area contributed by atoms with Crippen molar-refractivity contribution < 1.29 is 8.42 Å². The van der Waals surface area contributed by atoms with Crippen molar-refractivity contribution in [1.82, 2.24) is 4.98 Å². The minimum atomic E-state index is -3.54. The van der Waals surface area contributed by atoms with E-state index in [9.17, 15) is 8.42 Å². The van der Waals surface area contributed by atoms with E-state index in [1.54, 1.807) is 42.6 Å². The summed E-state index contributed by atoms with van der Waals surface area (Å²) in [6.45, 7) is 0. The minimum absolute atomic E-state index is 0.0809. The van der Waals surface area contributed by atoms with E-state index in [0.717, 1.165) is 10.8 Å². The molecule has 0 aliphatic rings.